The van der Waals surface area contributed by atoms with Gasteiger partial charge < -0.3 is 0 Å². The van der Waals surface area contributed by atoms with E-state index in [2.05, 4.69) is 35.1 Å². The number of nitrogens with zero attached hydrogens (tertiary/aromatic N) is 2. The molecule has 0 aliphatic heterocycles. The van der Waals surface area contributed by atoms with Crippen LogP contribution in [0.3, 0.4) is 0 Å². The second kappa shape index (κ2) is 3.11. The molecule has 1 aromatic rings. The van der Waals surface area contributed by atoms with Crippen LogP contribution in [0.15, 0.2) is 6.20 Å². The minimum Gasteiger partial charge on any atom is -0.146 e. The zero-order chi connectivity index (χ0) is 7.61. The van der Waals surface area contributed by atoms with E-state index < -0.39 is 0 Å². The first-order valence-corrected chi connectivity index (χ1v) is 5.41. The van der Waals surface area contributed by atoms with Crippen LogP contribution in [-0.4, -0.2) is 9.59 Å². The third kappa shape index (κ3) is 1.65. The molecule has 0 amide bonds. The molecule has 1 rings (SSSR count). The van der Waals surface area contributed by atoms with Crippen molar-refractivity contribution in [2.45, 2.75) is 18.6 Å². The van der Waals surface area contributed by atoms with Crippen molar-refractivity contribution in [1.82, 2.24) is 9.59 Å². The van der Waals surface area contributed by atoms with Gasteiger partial charge >= 0.3 is 0 Å². The molecule has 0 aliphatic carbocycles. The van der Waals surface area contributed by atoms with Gasteiger partial charge in [0, 0.05) is 0 Å². The molecule has 0 fully saturated rings. The van der Waals surface area contributed by atoms with Crippen molar-refractivity contribution >= 4 is 34.0 Å². The molecule has 0 unspecified atom stereocenters. The highest BCUT2D eigenvalue weighted by molar-refractivity contribution is 8.69. The molecule has 10 heavy (non-hydrogen) atoms. The van der Waals surface area contributed by atoms with E-state index in [1.165, 1.54) is 22.3 Å². The van der Waals surface area contributed by atoms with Crippen LogP contribution in [0.1, 0.15) is 18.7 Å². The van der Waals surface area contributed by atoms with Crippen molar-refractivity contribution in [3.8, 4) is 0 Å². The summed E-state index contributed by atoms with van der Waals surface area (Å²) in [6, 6.07) is 0. The normalized spacial score (nSPS) is 11.9. The maximum atomic E-state index is 4.16. The lowest BCUT2D eigenvalue weighted by Crippen LogP contribution is -2.06. The van der Waals surface area contributed by atoms with Gasteiger partial charge in [0.25, 0.3) is 0 Å². The second-order valence-electron chi connectivity index (χ2n) is 2.38. The van der Waals surface area contributed by atoms with Crippen LogP contribution in [0.25, 0.3) is 0 Å². The lowest BCUT2D eigenvalue weighted by Gasteiger charge is -2.16. The van der Waals surface area contributed by atoms with Crippen LogP contribution in [0, 0.1) is 0 Å². The van der Waals surface area contributed by atoms with Gasteiger partial charge in [0.15, 0.2) is 0 Å². The minimum absolute atomic E-state index is 0.0390. The van der Waals surface area contributed by atoms with Crippen LogP contribution in [0.4, 0.5) is 0 Å². The molecule has 0 atom stereocenters. The highest BCUT2D eigenvalue weighted by Crippen LogP contribution is 2.38. The molecule has 0 bridgehead atoms. The van der Waals surface area contributed by atoms with Gasteiger partial charge in [0.2, 0.25) is 0 Å². The van der Waals surface area contributed by atoms with Gasteiger partial charge in [-0.1, -0.05) is 15.3 Å². The highest BCUT2D eigenvalue weighted by atomic mass is 33.1. The highest BCUT2D eigenvalue weighted by Gasteiger charge is 2.21. The smallest absolute Gasteiger partial charge is 0.0667 e. The molecule has 56 valence electrons. The predicted molar refractivity (Wildman–Crippen MR) is 49.5 cm³/mol. The summed E-state index contributed by atoms with van der Waals surface area (Å²) >= 11 is 5.58. The lowest BCUT2D eigenvalue weighted by molar-refractivity contribution is 0.806. The molecule has 0 N–H and O–H groups in total. The average Bonchev–Trinajstić information content (AvgIpc) is 2.38. The Morgan fingerprint density at radius 3 is 2.80 bits per heavy atom. The van der Waals surface area contributed by atoms with E-state index in [1.807, 2.05) is 0 Å². The van der Waals surface area contributed by atoms with E-state index in [-0.39, 0.29) is 4.75 Å². The Bertz CT molecular complexity index is 195. The first-order chi connectivity index (χ1) is 4.67. The maximum Gasteiger partial charge on any atom is 0.0667 e. The van der Waals surface area contributed by atoms with Crippen LogP contribution in [-0.2, 0) is 4.75 Å². The fraction of sp³-hybridized carbons (Fsp3) is 0.600. The van der Waals surface area contributed by atoms with Crippen molar-refractivity contribution in [3.63, 3.8) is 0 Å². The molecule has 5 heteroatoms. The zero-order valence-electron chi connectivity index (χ0n) is 5.74. The second-order valence-corrected chi connectivity index (χ2v) is 4.92. The topological polar surface area (TPSA) is 25.8 Å². The summed E-state index contributed by atoms with van der Waals surface area (Å²) in [6.45, 7) is 4.19. The molecule has 0 saturated carbocycles. The number of rotatable bonds is 2. The third-order valence-electron chi connectivity index (χ3n) is 1.18. The molecule has 0 spiro atoms. The van der Waals surface area contributed by atoms with Gasteiger partial charge in [0.05, 0.1) is 15.8 Å². The molecule has 0 aliphatic rings. The minimum atomic E-state index is 0.0390. The van der Waals surface area contributed by atoms with Crippen molar-refractivity contribution in [2.75, 3.05) is 0 Å². The Labute approximate surface area is 73.4 Å². The maximum absolute atomic E-state index is 4.16. The van der Waals surface area contributed by atoms with Gasteiger partial charge in [0.1, 0.15) is 0 Å². The van der Waals surface area contributed by atoms with E-state index in [1.54, 1.807) is 6.20 Å². The van der Waals surface area contributed by atoms with Crippen molar-refractivity contribution < 1.29 is 0 Å². The summed E-state index contributed by atoms with van der Waals surface area (Å²) in [5.74, 6) is 0. The van der Waals surface area contributed by atoms with E-state index in [4.69, 9.17) is 0 Å². The number of hydrogen-bond acceptors (Lipinski definition) is 5. The van der Waals surface area contributed by atoms with Crippen molar-refractivity contribution in [3.05, 3.63) is 11.1 Å². The van der Waals surface area contributed by atoms with Gasteiger partial charge in [-0.15, -0.1) is 16.8 Å². The molecular weight excluding hydrogens is 184 g/mol. The largest absolute Gasteiger partial charge is 0.146 e. The Kier molecular flexibility index (Phi) is 2.60. The summed E-state index contributed by atoms with van der Waals surface area (Å²) in [5.41, 5.74) is 0. The Morgan fingerprint density at radius 2 is 2.40 bits per heavy atom. The SMILES string of the molecule is CC(C)(SS)c1cnns1. The standard InChI is InChI=1S/C5H8N2S3/c1-5(2,10-8)4-3-6-7-9-4/h3,8H,1-2H3. The van der Waals surface area contributed by atoms with Gasteiger partial charge in [-0.25, -0.2) is 0 Å². The first kappa shape index (κ1) is 8.36. The summed E-state index contributed by atoms with van der Waals surface area (Å²) in [6.07, 6.45) is 1.79. The zero-order valence-corrected chi connectivity index (χ0v) is 8.26. The van der Waals surface area contributed by atoms with Crippen LogP contribution in [0.5, 0.6) is 0 Å². The van der Waals surface area contributed by atoms with Gasteiger partial charge in [-0.05, 0) is 25.4 Å². The molecular formula is C5H8N2S3. The third-order valence-corrected chi connectivity index (χ3v) is 4.35. The fourth-order valence-corrected chi connectivity index (χ4v) is 1.83. The summed E-state index contributed by atoms with van der Waals surface area (Å²) in [4.78, 5) is 1.16. The monoisotopic (exact) mass is 192 g/mol. The fourth-order valence-electron chi connectivity index (χ4n) is 0.477. The lowest BCUT2D eigenvalue weighted by atomic mass is 10.2. The van der Waals surface area contributed by atoms with E-state index >= 15 is 0 Å². The van der Waals surface area contributed by atoms with Crippen LogP contribution >= 0.6 is 34.0 Å². The van der Waals surface area contributed by atoms with Crippen LogP contribution < -0.4 is 0 Å². The average molecular weight is 192 g/mol. The summed E-state index contributed by atoms with van der Waals surface area (Å²) < 4.78 is 3.82. The Hall–Kier alpha value is 0.260. The predicted octanol–water partition coefficient (Wildman–Crippen LogP) is 2.35. The number of aromatic nitrogens is 2. The molecule has 1 heterocycles. The summed E-state index contributed by atoms with van der Waals surface area (Å²) in [7, 11) is 1.51. The Balaban J connectivity index is 2.85. The molecule has 0 saturated heterocycles. The van der Waals surface area contributed by atoms with E-state index in [0.717, 1.165) is 4.88 Å². The van der Waals surface area contributed by atoms with Gasteiger partial charge in [-0.2, -0.15) is 0 Å². The first-order valence-electron chi connectivity index (χ1n) is 2.77. The van der Waals surface area contributed by atoms with E-state index in [9.17, 15) is 0 Å². The Morgan fingerprint density at radius 1 is 1.70 bits per heavy atom. The quantitative estimate of drug-likeness (QED) is 0.575. The number of hydrogen-bond donors (Lipinski definition) is 1. The van der Waals surface area contributed by atoms with Crippen molar-refractivity contribution in [2.24, 2.45) is 0 Å². The molecule has 0 radical (unpaired) electrons. The van der Waals surface area contributed by atoms with Gasteiger partial charge in [-0.3, -0.25) is 0 Å². The molecule has 1 aromatic heterocycles. The molecule has 0 aromatic carbocycles. The number of thiol groups is 1. The van der Waals surface area contributed by atoms with E-state index in [0.29, 0.717) is 0 Å². The molecule has 2 nitrogen and oxygen atoms in total. The summed E-state index contributed by atoms with van der Waals surface area (Å²) in [5, 5.41) is 3.76. The van der Waals surface area contributed by atoms with Crippen LogP contribution in [0.2, 0.25) is 0 Å². The van der Waals surface area contributed by atoms with Crippen molar-refractivity contribution in [1.29, 1.82) is 0 Å².